The van der Waals surface area contributed by atoms with Crippen LogP contribution < -0.4 is 5.32 Å². The number of phenolic OH excluding ortho intramolecular Hbond substituents is 1. The maximum atomic E-state index is 9.65. The zero-order valence-corrected chi connectivity index (χ0v) is 13.8. The Kier molecular flexibility index (Phi) is 4.20. The average molecular weight is 346 g/mol. The van der Waals surface area contributed by atoms with Gasteiger partial charge in [-0.25, -0.2) is 0 Å². The molecule has 0 saturated carbocycles. The normalized spacial score (nSPS) is 17.3. The summed E-state index contributed by atoms with van der Waals surface area (Å²) in [6.45, 7) is 2.18. The van der Waals surface area contributed by atoms with Crippen LogP contribution in [-0.2, 0) is 12.8 Å². The molecular weight excluding hydrogens is 326 g/mol. The Balaban J connectivity index is 1.90. The molecule has 0 aliphatic heterocycles. The quantitative estimate of drug-likeness (QED) is 0.800. The Morgan fingerprint density at radius 3 is 2.90 bits per heavy atom. The van der Waals surface area contributed by atoms with Crippen molar-refractivity contribution in [3.05, 3.63) is 57.6 Å². The molecule has 1 aliphatic rings. The van der Waals surface area contributed by atoms with Gasteiger partial charge in [0.2, 0.25) is 0 Å². The number of nitrogens with one attached hydrogen (secondary N) is 1. The molecule has 3 rings (SSSR count). The molecule has 21 heavy (non-hydrogen) atoms. The Morgan fingerprint density at radius 2 is 2.10 bits per heavy atom. The van der Waals surface area contributed by atoms with Crippen LogP contribution in [0.15, 0.2) is 40.9 Å². The van der Waals surface area contributed by atoms with Crippen molar-refractivity contribution in [1.82, 2.24) is 0 Å². The van der Waals surface area contributed by atoms with Crippen molar-refractivity contribution in [3.63, 3.8) is 0 Å². The monoisotopic (exact) mass is 345 g/mol. The minimum absolute atomic E-state index is 0.334. The number of anilines is 1. The van der Waals surface area contributed by atoms with E-state index in [4.69, 9.17) is 0 Å². The van der Waals surface area contributed by atoms with Crippen molar-refractivity contribution in [1.29, 1.82) is 0 Å². The maximum absolute atomic E-state index is 9.65. The van der Waals surface area contributed by atoms with E-state index in [0.29, 0.717) is 11.8 Å². The van der Waals surface area contributed by atoms with E-state index in [1.54, 1.807) is 6.07 Å². The average Bonchev–Trinajstić information content (AvgIpc) is 2.49. The van der Waals surface area contributed by atoms with Gasteiger partial charge in [-0.05, 0) is 72.7 Å². The van der Waals surface area contributed by atoms with Crippen LogP contribution in [0.25, 0.3) is 0 Å². The Labute approximate surface area is 134 Å². The number of rotatable bonds is 3. The molecular formula is C18H20BrNO. The summed E-state index contributed by atoms with van der Waals surface area (Å²) in [5, 5.41) is 13.4. The lowest BCUT2D eigenvalue weighted by Gasteiger charge is -2.28. The van der Waals surface area contributed by atoms with Gasteiger partial charge in [-0.15, -0.1) is 0 Å². The summed E-state index contributed by atoms with van der Waals surface area (Å²) < 4.78 is 1.12. The molecule has 0 spiro atoms. The minimum atomic E-state index is 0.334. The number of benzene rings is 2. The topological polar surface area (TPSA) is 32.3 Å². The first-order chi connectivity index (χ1) is 10.2. The summed E-state index contributed by atoms with van der Waals surface area (Å²) in [5.74, 6) is 0.368. The van der Waals surface area contributed by atoms with E-state index in [9.17, 15) is 5.11 Å². The molecule has 1 unspecified atom stereocenters. The molecule has 2 nitrogen and oxygen atoms in total. The van der Waals surface area contributed by atoms with Crippen LogP contribution >= 0.6 is 15.9 Å². The first kappa shape index (κ1) is 14.5. The summed E-state index contributed by atoms with van der Waals surface area (Å²) in [4.78, 5) is 0. The summed E-state index contributed by atoms with van der Waals surface area (Å²) in [6.07, 6.45) is 4.36. The zero-order valence-electron chi connectivity index (χ0n) is 12.2. The van der Waals surface area contributed by atoms with Crippen molar-refractivity contribution in [2.45, 2.75) is 38.6 Å². The highest BCUT2D eigenvalue weighted by Gasteiger charge is 2.21. The van der Waals surface area contributed by atoms with Crippen molar-refractivity contribution in [2.24, 2.45) is 0 Å². The van der Waals surface area contributed by atoms with Gasteiger partial charge in [0.15, 0.2) is 0 Å². The number of hydrogen-bond acceptors (Lipinski definition) is 2. The third-order valence-corrected chi connectivity index (χ3v) is 4.71. The number of aromatic hydroxyl groups is 1. The highest BCUT2D eigenvalue weighted by atomic mass is 79.9. The molecule has 0 aromatic heterocycles. The molecule has 0 radical (unpaired) electrons. The molecule has 0 amide bonds. The SMILES string of the molecule is CCc1cc(Br)ccc1NC1CCCc2cc(O)ccc21. The fourth-order valence-electron chi connectivity index (χ4n) is 3.13. The molecule has 1 atom stereocenters. The van der Waals surface area contributed by atoms with E-state index < -0.39 is 0 Å². The van der Waals surface area contributed by atoms with E-state index in [1.165, 1.54) is 22.4 Å². The van der Waals surface area contributed by atoms with E-state index in [0.717, 1.165) is 30.2 Å². The first-order valence-electron chi connectivity index (χ1n) is 7.54. The number of fused-ring (bicyclic) bond motifs is 1. The summed E-state index contributed by atoms with van der Waals surface area (Å²) in [7, 11) is 0. The van der Waals surface area contributed by atoms with Crippen LogP contribution in [0.4, 0.5) is 5.69 Å². The van der Waals surface area contributed by atoms with Gasteiger partial charge in [-0.3, -0.25) is 0 Å². The van der Waals surface area contributed by atoms with E-state index in [1.807, 2.05) is 6.07 Å². The van der Waals surface area contributed by atoms with Gasteiger partial charge in [-0.2, -0.15) is 0 Å². The van der Waals surface area contributed by atoms with Crippen molar-refractivity contribution >= 4 is 21.6 Å². The first-order valence-corrected chi connectivity index (χ1v) is 8.33. The largest absolute Gasteiger partial charge is 0.508 e. The van der Waals surface area contributed by atoms with Gasteiger partial charge in [0.05, 0.1) is 6.04 Å². The summed E-state index contributed by atoms with van der Waals surface area (Å²) in [6, 6.07) is 12.5. The second-order valence-electron chi connectivity index (χ2n) is 5.63. The van der Waals surface area contributed by atoms with Gasteiger partial charge >= 0.3 is 0 Å². The number of hydrogen-bond donors (Lipinski definition) is 2. The predicted octanol–water partition coefficient (Wildman–Crippen LogP) is 5.21. The lowest BCUT2D eigenvalue weighted by atomic mass is 9.87. The van der Waals surface area contributed by atoms with Crippen LogP contribution in [0.5, 0.6) is 5.75 Å². The van der Waals surface area contributed by atoms with Gasteiger partial charge in [0.1, 0.15) is 5.75 Å². The molecule has 2 aromatic carbocycles. The molecule has 2 aromatic rings. The molecule has 1 aliphatic carbocycles. The Morgan fingerprint density at radius 1 is 1.24 bits per heavy atom. The van der Waals surface area contributed by atoms with E-state index in [2.05, 4.69) is 52.4 Å². The maximum Gasteiger partial charge on any atom is 0.115 e. The summed E-state index contributed by atoms with van der Waals surface area (Å²) >= 11 is 3.54. The van der Waals surface area contributed by atoms with Crippen molar-refractivity contribution < 1.29 is 5.11 Å². The minimum Gasteiger partial charge on any atom is -0.508 e. The fraction of sp³-hybridized carbons (Fsp3) is 0.333. The van der Waals surface area contributed by atoms with E-state index in [-0.39, 0.29) is 0 Å². The molecule has 3 heteroatoms. The highest BCUT2D eigenvalue weighted by molar-refractivity contribution is 9.10. The number of phenols is 1. The number of aryl methyl sites for hydroxylation is 2. The second-order valence-corrected chi connectivity index (χ2v) is 6.54. The molecule has 0 fully saturated rings. The van der Waals surface area contributed by atoms with Crippen molar-refractivity contribution in [2.75, 3.05) is 5.32 Å². The van der Waals surface area contributed by atoms with Gasteiger partial charge in [-0.1, -0.05) is 28.9 Å². The van der Waals surface area contributed by atoms with Crippen LogP contribution in [-0.4, -0.2) is 5.11 Å². The van der Waals surface area contributed by atoms with Gasteiger partial charge < -0.3 is 10.4 Å². The smallest absolute Gasteiger partial charge is 0.115 e. The molecule has 2 N–H and O–H groups in total. The molecule has 0 saturated heterocycles. The lowest BCUT2D eigenvalue weighted by molar-refractivity contribution is 0.472. The molecule has 0 bridgehead atoms. The fourth-order valence-corrected chi connectivity index (χ4v) is 3.54. The van der Waals surface area contributed by atoms with E-state index >= 15 is 0 Å². The lowest BCUT2D eigenvalue weighted by Crippen LogP contribution is -2.18. The van der Waals surface area contributed by atoms with Crippen LogP contribution in [0.3, 0.4) is 0 Å². The van der Waals surface area contributed by atoms with Crippen LogP contribution in [0.1, 0.15) is 42.5 Å². The second kappa shape index (κ2) is 6.10. The van der Waals surface area contributed by atoms with Crippen LogP contribution in [0.2, 0.25) is 0 Å². The number of halogens is 1. The standard InChI is InChI=1S/C18H20BrNO/c1-2-12-10-14(19)6-9-17(12)20-18-5-3-4-13-11-15(21)7-8-16(13)18/h6-11,18,20-21H,2-5H2,1H3. The highest BCUT2D eigenvalue weighted by Crippen LogP contribution is 2.35. The predicted molar refractivity (Wildman–Crippen MR) is 90.9 cm³/mol. The third kappa shape index (κ3) is 3.08. The van der Waals surface area contributed by atoms with Crippen LogP contribution in [0, 0.1) is 0 Å². The third-order valence-electron chi connectivity index (χ3n) is 4.22. The van der Waals surface area contributed by atoms with Crippen molar-refractivity contribution in [3.8, 4) is 5.75 Å². The zero-order chi connectivity index (χ0) is 14.8. The van der Waals surface area contributed by atoms with Gasteiger partial charge in [0, 0.05) is 10.2 Å². The molecule has 110 valence electrons. The summed E-state index contributed by atoms with van der Waals surface area (Å²) in [5.41, 5.74) is 5.14. The van der Waals surface area contributed by atoms with Gasteiger partial charge in [0.25, 0.3) is 0 Å². The Hall–Kier alpha value is -1.48. The molecule has 0 heterocycles. The Bertz CT molecular complexity index is 654.